The maximum Gasteiger partial charge on any atom is 0.303 e. The SMILES string of the molecule is N#C/C(NN)=C(/N)c1ccc2cc(OCCCCCC(=O)O)ccc2c1. The number of rotatable bonds is 9. The highest BCUT2D eigenvalue weighted by Crippen LogP contribution is 2.24. The van der Waals surface area contributed by atoms with Crippen LogP contribution in [0.5, 0.6) is 5.75 Å². The van der Waals surface area contributed by atoms with Crippen molar-refractivity contribution in [2.75, 3.05) is 6.61 Å². The third-order valence-corrected chi connectivity index (χ3v) is 3.95. The van der Waals surface area contributed by atoms with Crippen LogP contribution in [0, 0.1) is 11.3 Å². The predicted octanol–water partition coefficient (Wildman–Crippen LogP) is 2.48. The molecule has 0 fully saturated rings. The lowest BCUT2D eigenvalue weighted by Crippen LogP contribution is -2.23. The number of unbranched alkanes of at least 4 members (excludes halogenated alkanes) is 2. The summed E-state index contributed by atoms with van der Waals surface area (Å²) in [6.45, 7) is 0.548. The Labute approximate surface area is 151 Å². The first-order chi connectivity index (χ1) is 12.5. The molecule has 0 unspecified atom stereocenters. The minimum atomic E-state index is -0.764. The molecule has 2 aromatic carbocycles. The number of hydrogen-bond acceptors (Lipinski definition) is 6. The van der Waals surface area contributed by atoms with E-state index < -0.39 is 5.97 Å². The zero-order valence-electron chi connectivity index (χ0n) is 14.4. The van der Waals surface area contributed by atoms with Crippen molar-refractivity contribution in [3.8, 4) is 11.8 Å². The quantitative estimate of drug-likeness (QED) is 0.235. The molecule has 0 saturated heterocycles. The van der Waals surface area contributed by atoms with E-state index in [0.29, 0.717) is 24.3 Å². The molecule has 0 bridgehead atoms. The summed E-state index contributed by atoms with van der Waals surface area (Å²) < 4.78 is 5.72. The van der Waals surface area contributed by atoms with Gasteiger partial charge < -0.3 is 21.0 Å². The van der Waals surface area contributed by atoms with Crippen LogP contribution < -0.4 is 21.7 Å². The maximum atomic E-state index is 10.4. The molecule has 0 aliphatic rings. The normalized spacial score (nSPS) is 11.5. The van der Waals surface area contributed by atoms with E-state index in [1.54, 1.807) is 0 Å². The highest BCUT2D eigenvalue weighted by Gasteiger charge is 2.06. The molecule has 0 saturated carbocycles. The average molecular weight is 354 g/mol. The van der Waals surface area contributed by atoms with Crippen LogP contribution in [0.3, 0.4) is 0 Å². The topological polar surface area (TPSA) is 134 Å². The molecule has 0 aliphatic heterocycles. The number of hydrogen-bond donors (Lipinski definition) is 4. The van der Waals surface area contributed by atoms with Crippen LogP contribution in [-0.4, -0.2) is 17.7 Å². The van der Waals surface area contributed by atoms with Gasteiger partial charge in [-0.25, -0.2) is 5.84 Å². The first-order valence-electron chi connectivity index (χ1n) is 8.30. The summed E-state index contributed by atoms with van der Waals surface area (Å²) in [5.41, 5.74) is 9.37. The number of carbonyl (C=O) groups is 1. The Balaban J connectivity index is 2.01. The van der Waals surface area contributed by atoms with Gasteiger partial charge in [0.1, 0.15) is 11.8 Å². The molecule has 2 aromatic rings. The minimum Gasteiger partial charge on any atom is -0.494 e. The van der Waals surface area contributed by atoms with Crippen LogP contribution in [0.15, 0.2) is 42.1 Å². The Morgan fingerprint density at radius 1 is 1.15 bits per heavy atom. The van der Waals surface area contributed by atoms with Gasteiger partial charge in [0, 0.05) is 12.0 Å². The van der Waals surface area contributed by atoms with Crippen LogP contribution in [0.1, 0.15) is 31.2 Å². The predicted molar refractivity (Wildman–Crippen MR) is 99.6 cm³/mol. The summed E-state index contributed by atoms with van der Waals surface area (Å²) >= 11 is 0. The van der Waals surface area contributed by atoms with Crippen molar-refractivity contribution < 1.29 is 14.6 Å². The van der Waals surface area contributed by atoms with Gasteiger partial charge in [-0.2, -0.15) is 5.26 Å². The summed E-state index contributed by atoms with van der Waals surface area (Å²) in [6.07, 6.45) is 2.50. The monoisotopic (exact) mass is 354 g/mol. The molecular formula is C19H22N4O3. The van der Waals surface area contributed by atoms with Crippen molar-refractivity contribution in [2.45, 2.75) is 25.7 Å². The maximum absolute atomic E-state index is 10.4. The molecule has 7 nitrogen and oxygen atoms in total. The number of nitrogens with one attached hydrogen (secondary N) is 1. The largest absolute Gasteiger partial charge is 0.494 e. The standard InChI is InChI=1S/C19H22N4O3/c20-12-17(23-22)19(21)15-6-5-14-11-16(8-7-13(14)10-15)26-9-3-1-2-4-18(24)25/h5-8,10-11,23H,1-4,9,21-22H2,(H,24,25)/b19-17-. The van der Waals surface area contributed by atoms with E-state index in [1.165, 1.54) is 0 Å². The first kappa shape index (κ1) is 19.1. The number of ether oxygens (including phenoxy) is 1. The van der Waals surface area contributed by atoms with E-state index in [2.05, 4.69) is 5.43 Å². The second-order valence-electron chi connectivity index (χ2n) is 5.82. The van der Waals surface area contributed by atoms with E-state index in [9.17, 15) is 4.79 Å². The Hall–Kier alpha value is -3.24. The molecule has 0 spiro atoms. The second kappa shape index (κ2) is 9.30. The van der Waals surface area contributed by atoms with E-state index in [1.807, 2.05) is 42.5 Å². The molecule has 2 rings (SSSR count). The molecular weight excluding hydrogens is 332 g/mol. The number of hydrazine groups is 1. The zero-order chi connectivity index (χ0) is 18.9. The minimum absolute atomic E-state index is 0.118. The average Bonchev–Trinajstić information content (AvgIpc) is 2.64. The number of nitriles is 1. The molecule has 7 heteroatoms. The Morgan fingerprint density at radius 3 is 2.58 bits per heavy atom. The van der Waals surface area contributed by atoms with Gasteiger partial charge >= 0.3 is 5.97 Å². The van der Waals surface area contributed by atoms with Gasteiger partial charge in [-0.3, -0.25) is 4.79 Å². The van der Waals surface area contributed by atoms with Gasteiger partial charge in [-0.05, 0) is 48.2 Å². The molecule has 0 amide bonds. The lowest BCUT2D eigenvalue weighted by molar-refractivity contribution is -0.137. The van der Waals surface area contributed by atoms with Crippen molar-refractivity contribution in [3.05, 3.63) is 47.7 Å². The van der Waals surface area contributed by atoms with E-state index in [0.717, 1.165) is 29.4 Å². The summed E-state index contributed by atoms with van der Waals surface area (Å²) in [6, 6.07) is 13.3. The number of nitrogens with two attached hydrogens (primary N) is 2. The van der Waals surface area contributed by atoms with Gasteiger partial charge in [0.15, 0.2) is 5.70 Å². The number of benzene rings is 2. The van der Waals surface area contributed by atoms with E-state index in [4.69, 9.17) is 26.7 Å². The third-order valence-electron chi connectivity index (χ3n) is 3.95. The highest BCUT2D eigenvalue weighted by atomic mass is 16.5. The smallest absolute Gasteiger partial charge is 0.303 e. The Bertz CT molecular complexity index is 855. The fourth-order valence-corrected chi connectivity index (χ4v) is 2.54. The van der Waals surface area contributed by atoms with Gasteiger partial charge in [-0.15, -0.1) is 0 Å². The molecule has 0 atom stereocenters. The van der Waals surface area contributed by atoms with Crippen LogP contribution >= 0.6 is 0 Å². The Morgan fingerprint density at radius 2 is 1.88 bits per heavy atom. The fraction of sp³-hybridized carbons (Fsp3) is 0.263. The zero-order valence-corrected chi connectivity index (χ0v) is 14.4. The number of carboxylic acids is 1. The molecule has 6 N–H and O–H groups in total. The van der Waals surface area contributed by atoms with Crippen molar-refractivity contribution in [1.82, 2.24) is 5.43 Å². The number of aliphatic carboxylic acids is 1. The van der Waals surface area contributed by atoms with E-state index in [-0.39, 0.29) is 12.1 Å². The van der Waals surface area contributed by atoms with Crippen LogP contribution in [0.25, 0.3) is 16.5 Å². The van der Waals surface area contributed by atoms with Crippen molar-refractivity contribution >= 4 is 22.4 Å². The molecule has 0 heterocycles. The number of fused-ring (bicyclic) bond motifs is 1. The highest BCUT2D eigenvalue weighted by molar-refractivity contribution is 5.87. The first-order valence-corrected chi connectivity index (χ1v) is 8.30. The molecule has 0 radical (unpaired) electrons. The number of nitrogens with zero attached hydrogens (tertiary/aromatic N) is 1. The lowest BCUT2D eigenvalue weighted by Gasteiger charge is -2.09. The molecule has 0 aliphatic carbocycles. The third kappa shape index (κ3) is 5.13. The Kier molecular flexibility index (Phi) is 6.83. The molecule has 136 valence electrons. The van der Waals surface area contributed by atoms with Crippen molar-refractivity contribution in [1.29, 1.82) is 5.26 Å². The number of allylic oxidation sites excluding steroid dienone is 1. The van der Waals surface area contributed by atoms with Gasteiger partial charge in [-0.1, -0.05) is 18.2 Å². The summed E-state index contributed by atoms with van der Waals surface area (Å²) in [7, 11) is 0. The van der Waals surface area contributed by atoms with Crippen LogP contribution in [-0.2, 0) is 4.79 Å². The molecule has 26 heavy (non-hydrogen) atoms. The summed E-state index contributed by atoms with van der Waals surface area (Å²) in [5.74, 6) is 5.28. The lowest BCUT2D eigenvalue weighted by atomic mass is 10.0. The van der Waals surface area contributed by atoms with Crippen molar-refractivity contribution in [2.24, 2.45) is 11.6 Å². The van der Waals surface area contributed by atoms with E-state index >= 15 is 0 Å². The summed E-state index contributed by atoms with van der Waals surface area (Å²) in [5, 5.41) is 19.5. The number of carboxylic acid groups (broad SMARTS) is 1. The second-order valence-corrected chi connectivity index (χ2v) is 5.82. The van der Waals surface area contributed by atoms with Gasteiger partial charge in [0.2, 0.25) is 0 Å². The fourth-order valence-electron chi connectivity index (χ4n) is 2.54. The van der Waals surface area contributed by atoms with Crippen molar-refractivity contribution in [3.63, 3.8) is 0 Å². The summed E-state index contributed by atoms with van der Waals surface area (Å²) in [4.78, 5) is 10.4. The van der Waals surface area contributed by atoms with Gasteiger partial charge in [0.05, 0.1) is 12.3 Å². The van der Waals surface area contributed by atoms with Crippen LogP contribution in [0.4, 0.5) is 0 Å². The molecule has 0 aromatic heterocycles. The van der Waals surface area contributed by atoms with Crippen LogP contribution in [0.2, 0.25) is 0 Å². The van der Waals surface area contributed by atoms with Gasteiger partial charge in [0.25, 0.3) is 0 Å².